The van der Waals surface area contributed by atoms with Gasteiger partial charge in [0.1, 0.15) is 5.75 Å². The second kappa shape index (κ2) is 7.94. The Balaban J connectivity index is 1.93. The molecule has 3 rings (SSSR count). The molecule has 2 N–H and O–H groups in total. The number of ether oxygens (including phenoxy) is 1. The van der Waals surface area contributed by atoms with E-state index in [4.69, 9.17) is 33.7 Å². The largest absolute Gasteiger partial charge is 0.481 e. The number of aromatic nitrogens is 3. The SMILES string of the molecule is O=C(O)COc1ccccc1/C=N/n1c(-c2ccc(Cl)cc2)n[nH]c1=S. The van der Waals surface area contributed by atoms with Gasteiger partial charge in [-0.1, -0.05) is 23.7 Å². The minimum Gasteiger partial charge on any atom is -0.481 e. The van der Waals surface area contributed by atoms with Crippen LogP contribution in [0.5, 0.6) is 5.75 Å². The van der Waals surface area contributed by atoms with E-state index in [9.17, 15) is 4.79 Å². The predicted octanol–water partition coefficient (Wildman–Crippen LogP) is 3.61. The van der Waals surface area contributed by atoms with Crippen LogP contribution >= 0.6 is 23.8 Å². The molecule has 3 aromatic rings. The average molecular weight is 389 g/mol. The van der Waals surface area contributed by atoms with Gasteiger partial charge < -0.3 is 9.84 Å². The third-order valence-corrected chi connectivity index (χ3v) is 3.85. The molecule has 0 aliphatic heterocycles. The zero-order valence-electron chi connectivity index (χ0n) is 13.3. The Kier molecular flexibility index (Phi) is 5.45. The number of para-hydroxylation sites is 1. The molecule has 7 nitrogen and oxygen atoms in total. The maximum absolute atomic E-state index is 10.7. The van der Waals surface area contributed by atoms with Crippen molar-refractivity contribution in [3.05, 3.63) is 63.9 Å². The van der Waals surface area contributed by atoms with Gasteiger partial charge in [-0.2, -0.15) is 14.9 Å². The first-order valence-electron chi connectivity index (χ1n) is 7.46. The maximum Gasteiger partial charge on any atom is 0.341 e. The van der Waals surface area contributed by atoms with E-state index in [2.05, 4.69) is 15.3 Å². The van der Waals surface area contributed by atoms with Crippen LogP contribution in [0.2, 0.25) is 5.02 Å². The van der Waals surface area contributed by atoms with Gasteiger partial charge in [0.25, 0.3) is 0 Å². The number of rotatable bonds is 6. The minimum absolute atomic E-state index is 0.315. The summed E-state index contributed by atoms with van der Waals surface area (Å²) in [5, 5.41) is 20.6. The van der Waals surface area contributed by atoms with Crippen LogP contribution in [0, 0.1) is 4.77 Å². The average Bonchev–Trinajstić information content (AvgIpc) is 3.00. The summed E-state index contributed by atoms with van der Waals surface area (Å²) in [6, 6.07) is 14.1. The van der Waals surface area contributed by atoms with Crippen LogP contribution in [0.1, 0.15) is 5.56 Å². The van der Waals surface area contributed by atoms with Crippen molar-refractivity contribution in [3.8, 4) is 17.1 Å². The van der Waals surface area contributed by atoms with Crippen LogP contribution in [0.4, 0.5) is 0 Å². The monoisotopic (exact) mass is 388 g/mol. The van der Waals surface area contributed by atoms with E-state index < -0.39 is 12.6 Å². The zero-order valence-corrected chi connectivity index (χ0v) is 14.9. The van der Waals surface area contributed by atoms with Crippen LogP contribution in [0.25, 0.3) is 11.4 Å². The summed E-state index contributed by atoms with van der Waals surface area (Å²) < 4.78 is 7.04. The number of hydrogen-bond donors (Lipinski definition) is 2. The number of aromatic amines is 1. The molecule has 1 heterocycles. The Morgan fingerprint density at radius 2 is 2.04 bits per heavy atom. The van der Waals surface area contributed by atoms with Gasteiger partial charge in [-0.15, -0.1) is 0 Å². The van der Waals surface area contributed by atoms with E-state index >= 15 is 0 Å². The number of benzene rings is 2. The number of aliphatic carboxylic acids is 1. The fraction of sp³-hybridized carbons (Fsp3) is 0.0588. The molecule has 0 saturated heterocycles. The quantitative estimate of drug-likeness (QED) is 0.497. The molecular weight excluding hydrogens is 376 g/mol. The summed E-state index contributed by atoms with van der Waals surface area (Å²) in [5.74, 6) is -0.132. The van der Waals surface area contributed by atoms with Crippen molar-refractivity contribution in [1.29, 1.82) is 0 Å². The first-order chi connectivity index (χ1) is 12.5. The van der Waals surface area contributed by atoms with Gasteiger partial charge in [-0.3, -0.25) is 0 Å². The summed E-state index contributed by atoms with van der Waals surface area (Å²) in [4.78, 5) is 10.7. The van der Waals surface area contributed by atoms with Crippen molar-refractivity contribution < 1.29 is 14.6 Å². The standard InChI is InChI=1S/C17H13ClN4O3S/c18-13-7-5-11(6-8-13)16-20-21-17(26)22(16)19-9-12-3-1-2-4-14(12)25-10-15(23)24/h1-9H,10H2,(H,21,26)(H,23,24)/b19-9+. The topological polar surface area (TPSA) is 92.5 Å². The van der Waals surface area contributed by atoms with E-state index in [1.807, 2.05) is 12.1 Å². The zero-order chi connectivity index (χ0) is 18.5. The molecule has 0 spiro atoms. The Morgan fingerprint density at radius 3 is 2.77 bits per heavy atom. The number of nitrogens with one attached hydrogen (secondary N) is 1. The van der Waals surface area contributed by atoms with Crippen LogP contribution in [-0.2, 0) is 4.79 Å². The van der Waals surface area contributed by atoms with Crippen molar-refractivity contribution in [2.75, 3.05) is 6.61 Å². The lowest BCUT2D eigenvalue weighted by atomic mass is 10.2. The van der Waals surface area contributed by atoms with E-state index in [0.29, 0.717) is 26.9 Å². The number of hydrogen-bond acceptors (Lipinski definition) is 5. The molecule has 0 aliphatic rings. The number of nitrogens with zero attached hydrogens (tertiary/aromatic N) is 3. The molecule has 0 radical (unpaired) electrons. The molecule has 0 bridgehead atoms. The third-order valence-electron chi connectivity index (χ3n) is 3.34. The fourth-order valence-corrected chi connectivity index (χ4v) is 2.47. The molecule has 0 saturated carbocycles. The molecule has 0 aliphatic carbocycles. The second-order valence-electron chi connectivity index (χ2n) is 5.14. The van der Waals surface area contributed by atoms with Gasteiger partial charge in [0, 0.05) is 16.1 Å². The molecule has 132 valence electrons. The van der Waals surface area contributed by atoms with E-state index in [0.717, 1.165) is 5.56 Å². The minimum atomic E-state index is -1.06. The maximum atomic E-state index is 10.7. The van der Waals surface area contributed by atoms with Crippen molar-refractivity contribution in [3.63, 3.8) is 0 Å². The Labute approximate surface area is 158 Å². The Morgan fingerprint density at radius 1 is 1.31 bits per heavy atom. The molecule has 2 aromatic carbocycles. The fourth-order valence-electron chi connectivity index (χ4n) is 2.16. The normalized spacial score (nSPS) is 11.0. The summed E-state index contributed by atoms with van der Waals surface area (Å²) >= 11 is 11.1. The number of carboxylic acids is 1. The predicted molar refractivity (Wildman–Crippen MR) is 100 cm³/mol. The lowest BCUT2D eigenvalue weighted by molar-refractivity contribution is -0.139. The Hall–Kier alpha value is -2.97. The molecule has 0 atom stereocenters. The summed E-state index contributed by atoms with van der Waals surface area (Å²) in [6.45, 7) is -0.438. The van der Waals surface area contributed by atoms with Crippen molar-refractivity contribution in [2.24, 2.45) is 5.10 Å². The van der Waals surface area contributed by atoms with Gasteiger partial charge in [0.15, 0.2) is 12.4 Å². The second-order valence-corrected chi connectivity index (χ2v) is 5.96. The summed E-state index contributed by atoms with van der Waals surface area (Å²) in [6.07, 6.45) is 1.53. The van der Waals surface area contributed by atoms with Gasteiger partial charge in [-0.25, -0.2) is 9.89 Å². The smallest absolute Gasteiger partial charge is 0.341 e. The highest BCUT2D eigenvalue weighted by molar-refractivity contribution is 7.71. The lowest BCUT2D eigenvalue weighted by Gasteiger charge is -2.06. The van der Waals surface area contributed by atoms with Crippen LogP contribution < -0.4 is 4.74 Å². The molecule has 1 aromatic heterocycles. The van der Waals surface area contributed by atoms with Gasteiger partial charge in [0.2, 0.25) is 4.77 Å². The molecule has 9 heteroatoms. The number of carboxylic acid groups (broad SMARTS) is 1. The van der Waals surface area contributed by atoms with Gasteiger partial charge in [0.05, 0.1) is 6.21 Å². The highest BCUT2D eigenvalue weighted by Crippen LogP contribution is 2.20. The van der Waals surface area contributed by atoms with Crippen molar-refractivity contribution >= 4 is 36.0 Å². The third kappa shape index (κ3) is 4.16. The van der Waals surface area contributed by atoms with Gasteiger partial charge >= 0.3 is 5.97 Å². The van der Waals surface area contributed by atoms with Crippen molar-refractivity contribution in [1.82, 2.24) is 14.9 Å². The summed E-state index contributed by atoms with van der Waals surface area (Å²) in [7, 11) is 0. The van der Waals surface area contributed by atoms with Crippen molar-refractivity contribution in [2.45, 2.75) is 0 Å². The molecule has 0 amide bonds. The first kappa shape index (κ1) is 17.8. The lowest BCUT2D eigenvalue weighted by Crippen LogP contribution is -2.10. The summed E-state index contributed by atoms with van der Waals surface area (Å²) in [5.41, 5.74) is 1.40. The van der Waals surface area contributed by atoms with Crippen LogP contribution in [0.3, 0.4) is 0 Å². The molecule has 26 heavy (non-hydrogen) atoms. The van der Waals surface area contributed by atoms with E-state index in [1.165, 1.54) is 10.9 Å². The van der Waals surface area contributed by atoms with Gasteiger partial charge in [-0.05, 0) is 48.6 Å². The van der Waals surface area contributed by atoms with E-state index in [1.54, 1.807) is 36.4 Å². The highest BCUT2D eigenvalue weighted by atomic mass is 35.5. The molecular formula is C17H13ClN4O3S. The number of carbonyl (C=O) groups is 1. The first-order valence-corrected chi connectivity index (χ1v) is 8.24. The number of H-pyrrole nitrogens is 1. The molecule has 0 unspecified atom stereocenters. The van der Waals surface area contributed by atoms with Crippen LogP contribution in [0.15, 0.2) is 53.6 Å². The highest BCUT2D eigenvalue weighted by Gasteiger charge is 2.09. The van der Waals surface area contributed by atoms with Crippen LogP contribution in [-0.4, -0.2) is 38.8 Å². The molecule has 0 fully saturated rings. The Bertz CT molecular complexity index is 1010. The van der Waals surface area contributed by atoms with E-state index in [-0.39, 0.29) is 0 Å². The number of halogens is 1.